The Morgan fingerprint density at radius 3 is 2.43 bits per heavy atom. The molecule has 0 saturated carbocycles. The summed E-state index contributed by atoms with van der Waals surface area (Å²) in [6.07, 6.45) is 2.45. The van der Waals surface area contributed by atoms with E-state index in [1.54, 1.807) is 0 Å². The molecule has 1 rings (SSSR count). The van der Waals surface area contributed by atoms with Crippen molar-refractivity contribution in [3.05, 3.63) is 0 Å². The fourth-order valence-corrected chi connectivity index (χ4v) is 2.86. The van der Waals surface area contributed by atoms with Crippen molar-refractivity contribution < 1.29 is 0 Å². The topological polar surface area (TPSA) is 29.3 Å². The summed E-state index contributed by atoms with van der Waals surface area (Å²) < 4.78 is 0. The molecule has 0 bridgehead atoms. The lowest BCUT2D eigenvalue weighted by Gasteiger charge is -2.41. The number of hydrogen-bond acceptors (Lipinski definition) is 2. The molecule has 0 amide bonds. The summed E-state index contributed by atoms with van der Waals surface area (Å²) in [4.78, 5) is 2.60. The third kappa shape index (κ3) is 2.96. The number of rotatable bonds is 3. The predicted octanol–water partition coefficient (Wildman–Crippen LogP) is 2.09. The number of nitrogens with zero attached hydrogens (tertiary/aromatic N) is 1. The van der Waals surface area contributed by atoms with E-state index in [-0.39, 0.29) is 0 Å². The van der Waals surface area contributed by atoms with Gasteiger partial charge in [-0.15, -0.1) is 0 Å². The van der Waals surface area contributed by atoms with Gasteiger partial charge in [-0.25, -0.2) is 0 Å². The minimum atomic E-state index is 0.395. The van der Waals surface area contributed by atoms with Gasteiger partial charge in [0.05, 0.1) is 0 Å². The SMILES string of the molecule is CCC(C(C)C)N1CC(C)CC(N)C1. The summed E-state index contributed by atoms with van der Waals surface area (Å²) in [5, 5.41) is 0. The van der Waals surface area contributed by atoms with Gasteiger partial charge in [0.25, 0.3) is 0 Å². The average molecular weight is 198 g/mol. The zero-order chi connectivity index (χ0) is 10.7. The first-order chi connectivity index (χ1) is 6.54. The monoisotopic (exact) mass is 198 g/mol. The lowest BCUT2D eigenvalue weighted by molar-refractivity contribution is 0.0870. The maximum atomic E-state index is 6.07. The highest BCUT2D eigenvalue weighted by atomic mass is 15.2. The molecule has 84 valence electrons. The molecular formula is C12H26N2. The van der Waals surface area contributed by atoms with Crippen molar-refractivity contribution >= 4 is 0 Å². The van der Waals surface area contributed by atoms with Crippen molar-refractivity contribution in [1.82, 2.24) is 4.90 Å². The summed E-state index contributed by atoms with van der Waals surface area (Å²) in [5.41, 5.74) is 6.07. The van der Waals surface area contributed by atoms with E-state index in [1.807, 2.05) is 0 Å². The summed E-state index contributed by atoms with van der Waals surface area (Å²) in [6, 6.07) is 1.12. The van der Waals surface area contributed by atoms with Crippen LogP contribution in [0.25, 0.3) is 0 Å². The lowest BCUT2D eigenvalue weighted by atomic mass is 9.91. The molecule has 2 heteroatoms. The van der Waals surface area contributed by atoms with Gasteiger partial charge in [0, 0.05) is 25.2 Å². The predicted molar refractivity (Wildman–Crippen MR) is 62.2 cm³/mol. The van der Waals surface area contributed by atoms with E-state index in [9.17, 15) is 0 Å². The molecule has 0 radical (unpaired) electrons. The number of hydrogen-bond donors (Lipinski definition) is 1. The minimum absolute atomic E-state index is 0.395. The van der Waals surface area contributed by atoms with Crippen LogP contribution in [-0.4, -0.2) is 30.1 Å². The highest BCUT2D eigenvalue weighted by molar-refractivity contribution is 4.84. The zero-order valence-corrected chi connectivity index (χ0v) is 10.2. The van der Waals surface area contributed by atoms with E-state index >= 15 is 0 Å². The molecule has 1 heterocycles. The molecule has 0 aliphatic carbocycles. The van der Waals surface area contributed by atoms with Crippen LogP contribution in [0.5, 0.6) is 0 Å². The van der Waals surface area contributed by atoms with Gasteiger partial charge in [0.1, 0.15) is 0 Å². The van der Waals surface area contributed by atoms with Gasteiger partial charge >= 0.3 is 0 Å². The Hall–Kier alpha value is -0.0800. The third-order valence-corrected chi connectivity index (χ3v) is 3.38. The van der Waals surface area contributed by atoms with Gasteiger partial charge in [-0.05, 0) is 24.7 Å². The Bertz CT molecular complexity index is 158. The second kappa shape index (κ2) is 5.13. The molecule has 1 aliphatic heterocycles. The van der Waals surface area contributed by atoms with E-state index in [0.29, 0.717) is 6.04 Å². The average Bonchev–Trinajstić information content (AvgIpc) is 2.02. The van der Waals surface area contributed by atoms with Gasteiger partial charge < -0.3 is 5.73 Å². The molecule has 1 saturated heterocycles. The molecule has 1 fully saturated rings. The highest BCUT2D eigenvalue weighted by Crippen LogP contribution is 2.22. The van der Waals surface area contributed by atoms with Gasteiger partial charge in [0.2, 0.25) is 0 Å². The van der Waals surface area contributed by atoms with Crippen molar-refractivity contribution in [1.29, 1.82) is 0 Å². The van der Waals surface area contributed by atoms with Crippen LogP contribution < -0.4 is 5.73 Å². The van der Waals surface area contributed by atoms with Gasteiger partial charge in [-0.2, -0.15) is 0 Å². The van der Waals surface area contributed by atoms with Crippen LogP contribution in [0.3, 0.4) is 0 Å². The molecule has 0 aromatic carbocycles. The minimum Gasteiger partial charge on any atom is -0.327 e. The van der Waals surface area contributed by atoms with Gasteiger partial charge in [0.15, 0.2) is 0 Å². The van der Waals surface area contributed by atoms with Crippen molar-refractivity contribution in [2.75, 3.05) is 13.1 Å². The lowest BCUT2D eigenvalue weighted by Crippen LogP contribution is -2.51. The maximum absolute atomic E-state index is 6.07. The number of piperidine rings is 1. The Kier molecular flexibility index (Phi) is 4.39. The number of likely N-dealkylation sites (tertiary alicyclic amines) is 1. The normalized spacial score (nSPS) is 32.1. The maximum Gasteiger partial charge on any atom is 0.0170 e. The molecule has 2 nitrogen and oxygen atoms in total. The molecule has 1 aliphatic rings. The van der Waals surface area contributed by atoms with Crippen LogP contribution in [-0.2, 0) is 0 Å². The second-order valence-corrected chi connectivity index (χ2v) is 5.27. The van der Waals surface area contributed by atoms with Crippen LogP contribution in [0.15, 0.2) is 0 Å². The third-order valence-electron chi connectivity index (χ3n) is 3.38. The van der Waals surface area contributed by atoms with E-state index in [2.05, 4.69) is 32.6 Å². The first kappa shape index (κ1) is 12.0. The van der Waals surface area contributed by atoms with E-state index in [0.717, 1.165) is 24.4 Å². The van der Waals surface area contributed by atoms with Gasteiger partial charge in [-0.1, -0.05) is 27.7 Å². The summed E-state index contributed by atoms with van der Waals surface area (Å²) in [7, 11) is 0. The molecule has 0 aromatic heterocycles. The van der Waals surface area contributed by atoms with Gasteiger partial charge in [-0.3, -0.25) is 4.90 Å². The first-order valence-corrected chi connectivity index (χ1v) is 6.04. The zero-order valence-electron chi connectivity index (χ0n) is 10.2. The fraction of sp³-hybridized carbons (Fsp3) is 1.00. The Labute approximate surface area is 88.8 Å². The van der Waals surface area contributed by atoms with Crippen molar-refractivity contribution in [3.8, 4) is 0 Å². The first-order valence-electron chi connectivity index (χ1n) is 6.04. The fourth-order valence-electron chi connectivity index (χ4n) is 2.86. The Balaban J connectivity index is 2.56. The summed E-state index contributed by atoms with van der Waals surface area (Å²) in [5.74, 6) is 1.52. The standard InChI is InChI=1S/C12H26N2/c1-5-12(9(2)3)14-7-10(4)6-11(13)8-14/h9-12H,5-8,13H2,1-4H3. The van der Waals surface area contributed by atoms with Crippen LogP contribution in [0.2, 0.25) is 0 Å². The number of nitrogens with two attached hydrogens (primary N) is 1. The second-order valence-electron chi connectivity index (χ2n) is 5.27. The molecular weight excluding hydrogens is 172 g/mol. The molecule has 14 heavy (non-hydrogen) atoms. The van der Waals surface area contributed by atoms with Crippen molar-refractivity contribution in [3.63, 3.8) is 0 Å². The molecule has 3 unspecified atom stereocenters. The van der Waals surface area contributed by atoms with Crippen LogP contribution in [0, 0.1) is 11.8 Å². The molecule has 3 atom stereocenters. The van der Waals surface area contributed by atoms with Crippen LogP contribution in [0.4, 0.5) is 0 Å². The van der Waals surface area contributed by atoms with Crippen molar-refractivity contribution in [2.45, 2.75) is 52.6 Å². The molecule has 0 aromatic rings. The van der Waals surface area contributed by atoms with E-state index < -0.39 is 0 Å². The smallest absolute Gasteiger partial charge is 0.0170 e. The highest BCUT2D eigenvalue weighted by Gasteiger charge is 2.28. The quantitative estimate of drug-likeness (QED) is 0.752. The van der Waals surface area contributed by atoms with Crippen LogP contribution >= 0.6 is 0 Å². The van der Waals surface area contributed by atoms with Crippen LogP contribution in [0.1, 0.15) is 40.5 Å². The Morgan fingerprint density at radius 1 is 1.36 bits per heavy atom. The Morgan fingerprint density at radius 2 is 2.00 bits per heavy atom. The largest absolute Gasteiger partial charge is 0.327 e. The van der Waals surface area contributed by atoms with E-state index in [4.69, 9.17) is 5.73 Å². The molecule has 2 N–H and O–H groups in total. The molecule has 0 spiro atoms. The van der Waals surface area contributed by atoms with E-state index in [1.165, 1.54) is 19.4 Å². The van der Waals surface area contributed by atoms with Crippen molar-refractivity contribution in [2.24, 2.45) is 17.6 Å². The summed E-state index contributed by atoms with van der Waals surface area (Å²) >= 11 is 0. The summed E-state index contributed by atoms with van der Waals surface area (Å²) in [6.45, 7) is 11.6.